The minimum atomic E-state index is 0.0454. The van der Waals surface area contributed by atoms with Gasteiger partial charge in [0.15, 0.2) is 0 Å². The molecular weight excluding hydrogens is 290 g/mol. The molecule has 0 saturated carbocycles. The molecule has 0 bridgehead atoms. The van der Waals surface area contributed by atoms with E-state index in [-0.39, 0.29) is 5.91 Å². The molecule has 0 unspecified atom stereocenters. The van der Waals surface area contributed by atoms with Gasteiger partial charge < -0.3 is 5.32 Å². The van der Waals surface area contributed by atoms with Gasteiger partial charge in [0.2, 0.25) is 5.91 Å². The first-order valence-corrected chi connectivity index (χ1v) is 7.92. The summed E-state index contributed by atoms with van der Waals surface area (Å²) in [5, 5.41) is 10.1. The molecule has 0 aliphatic heterocycles. The average Bonchev–Trinajstić information content (AvgIpc) is 2.83. The van der Waals surface area contributed by atoms with Crippen LogP contribution in [0.1, 0.15) is 29.1 Å². The van der Waals surface area contributed by atoms with Crippen molar-refractivity contribution < 1.29 is 4.79 Å². The molecule has 2 aromatic rings. The maximum absolute atomic E-state index is 11.9. The van der Waals surface area contributed by atoms with Crippen molar-refractivity contribution in [1.82, 2.24) is 25.4 Å². The SMILES string of the molecule is Cc1n[nH]c(C)c1CCCNC(=O)CN(C)Cc1ccccn1. The van der Waals surface area contributed by atoms with E-state index in [1.54, 1.807) is 6.20 Å². The Labute approximate surface area is 137 Å². The lowest BCUT2D eigenvalue weighted by atomic mass is 10.1. The molecule has 0 radical (unpaired) electrons. The molecule has 2 aromatic heterocycles. The van der Waals surface area contributed by atoms with E-state index >= 15 is 0 Å². The van der Waals surface area contributed by atoms with Crippen molar-refractivity contribution in [3.63, 3.8) is 0 Å². The number of likely N-dealkylation sites (N-methyl/N-ethyl adjacent to an activating group) is 1. The molecule has 0 atom stereocenters. The predicted molar refractivity (Wildman–Crippen MR) is 90.0 cm³/mol. The van der Waals surface area contributed by atoms with E-state index in [0.29, 0.717) is 19.6 Å². The zero-order chi connectivity index (χ0) is 16.7. The maximum atomic E-state index is 11.9. The number of aryl methyl sites for hydroxylation is 2. The van der Waals surface area contributed by atoms with Gasteiger partial charge >= 0.3 is 0 Å². The summed E-state index contributed by atoms with van der Waals surface area (Å²) in [6.07, 6.45) is 3.61. The molecule has 2 heterocycles. The normalized spacial score (nSPS) is 11.0. The summed E-state index contributed by atoms with van der Waals surface area (Å²) in [6, 6.07) is 5.81. The lowest BCUT2D eigenvalue weighted by Crippen LogP contribution is -2.35. The monoisotopic (exact) mass is 315 g/mol. The number of hydrogen-bond donors (Lipinski definition) is 2. The van der Waals surface area contributed by atoms with E-state index in [1.807, 2.05) is 44.0 Å². The first kappa shape index (κ1) is 17.1. The van der Waals surface area contributed by atoms with Gasteiger partial charge in [-0.2, -0.15) is 5.10 Å². The van der Waals surface area contributed by atoms with Gasteiger partial charge in [0, 0.05) is 25.0 Å². The van der Waals surface area contributed by atoms with Gasteiger partial charge in [-0.25, -0.2) is 0 Å². The fourth-order valence-corrected chi connectivity index (χ4v) is 2.56. The van der Waals surface area contributed by atoms with Gasteiger partial charge in [-0.15, -0.1) is 0 Å². The zero-order valence-corrected chi connectivity index (χ0v) is 14.1. The van der Waals surface area contributed by atoms with Gasteiger partial charge in [-0.05, 0) is 51.4 Å². The van der Waals surface area contributed by atoms with Crippen LogP contribution in [0.3, 0.4) is 0 Å². The van der Waals surface area contributed by atoms with Gasteiger partial charge in [0.25, 0.3) is 0 Å². The Morgan fingerprint density at radius 2 is 2.17 bits per heavy atom. The summed E-state index contributed by atoms with van der Waals surface area (Å²) in [5.41, 5.74) is 4.38. The molecule has 0 aromatic carbocycles. The van der Waals surface area contributed by atoms with Crippen molar-refractivity contribution in [3.05, 3.63) is 47.0 Å². The van der Waals surface area contributed by atoms with Crippen LogP contribution in [0.5, 0.6) is 0 Å². The molecule has 1 amide bonds. The highest BCUT2D eigenvalue weighted by Gasteiger charge is 2.08. The van der Waals surface area contributed by atoms with E-state index < -0.39 is 0 Å². The van der Waals surface area contributed by atoms with Crippen LogP contribution in [0.25, 0.3) is 0 Å². The highest BCUT2D eigenvalue weighted by Crippen LogP contribution is 2.11. The Kier molecular flexibility index (Phi) is 6.29. The summed E-state index contributed by atoms with van der Waals surface area (Å²) < 4.78 is 0. The fraction of sp³-hybridized carbons (Fsp3) is 0.471. The third-order valence-corrected chi connectivity index (χ3v) is 3.78. The largest absolute Gasteiger partial charge is 0.355 e. The molecule has 23 heavy (non-hydrogen) atoms. The van der Waals surface area contributed by atoms with Crippen molar-refractivity contribution in [1.29, 1.82) is 0 Å². The van der Waals surface area contributed by atoms with Crippen LogP contribution in [0.4, 0.5) is 0 Å². The second kappa shape index (κ2) is 8.43. The van der Waals surface area contributed by atoms with E-state index in [2.05, 4.69) is 20.5 Å². The minimum Gasteiger partial charge on any atom is -0.355 e. The summed E-state index contributed by atoms with van der Waals surface area (Å²) in [7, 11) is 1.92. The van der Waals surface area contributed by atoms with E-state index in [0.717, 1.165) is 29.9 Å². The summed E-state index contributed by atoms with van der Waals surface area (Å²) in [4.78, 5) is 18.2. The molecule has 0 fully saturated rings. The number of nitrogens with zero attached hydrogens (tertiary/aromatic N) is 3. The van der Waals surface area contributed by atoms with Crippen molar-refractivity contribution >= 4 is 5.91 Å². The highest BCUT2D eigenvalue weighted by molar-refractivity contribution is 5.77. The van der Waals surface area contributed by atoms with Gasteiger partial charge in [0.05, 0.1) is 17.9 Å². The van der Waals surface area contributed by atoms with Gasteiger partial charge in [-0.3, -0.25) is 19.8 Å². The van der Waals surface area contributed by atoms with E-state index in [1.165, 1.54) is 5.56 Å². The molecule has 2 N–H and O–H groups in total. The first-order valence-electron chi connectivity index (χ1n) is 7.92. The van der Waals surface area contributed by atoms with Crippen molar-refractivity contribution in [2.75, 3.05) is 20.1 Å². The molecule has 0 aliphatic rings. The van der Waals surface area contributed by atoms with Gasteiger partial charge in [-0.1, -0.05) is 6.07 Å². The molecule has 0 spiro atoms. The standard InChI is InChI=1S/C17H25N5O/c1-13-16(14(2)21-20-13)8-6-10-19-17(23)12-22(3)11-15-7-4-5-9-18-15/h4-5,7,9H,6,8,10-12H2,1-3H3,(H,19,23)(H,20,21). The predicted octanol–water partition coefficient (Wildman–Crippen LogP) is 1.60. The van der Waals surface area contributed by atoms with E-state index in [4.69, 9.17) is 0 Å². The average molecular weight is 315 g/mol. The molecule has 0 saturated heterocycles. The number of aromatic nitrogens is 3. The number of pyridine rings is 1. The third kappa shape index (κ3) is 5.49. The second-order valence-electron chi connectivity index (χ2n) is 5.86. The number of H-pyrrole nitrogens is 1. The van der Waals surface area contributed by atoms with Crippen molar-refractivity contribution in [2.24, 2.45) is 0 Å². The highest BCUT2D eigenvalue weighted by atomic mass is 16.2. The quantitative estimate of drug-likeness (QED) is 0.726. The lowest BCUT2D eigenvalue weighted by Gasteiger charge is -2.15. The molecule has 0 aliphatic carbocycles. The number of carbonyl (C=O) groups is 1. The minimum absolute atomic E-state index is 0.0454. The number of amides is 1. The van der Waals surface area contributed by atoms with Crippen molar-refractivity contribution in [3.8, 4) is 0 Å². The number of rotatable bonds is 8. The summed E-state index contributed by atoms with van der Waals surface area (Å²) in [6.45, 7) is 5.76. The number of nitrogens with one attached hydrogen (secondary N) is 2. The summed E-state index contributed by atoms with van der Waals surface area (Å²) in [5.74, 6) is 0.0454. The van der Waals surface area contributed by atoms with Crippen LogP contribution < -0.4 is 5.32 Å². The number of aromatic amines is 1. The topological polar surface area (TPSA) is 73.9 Å². The Morgan fingerprint density at radius 1 is 1.35 bits per heavy atom. The second-order valence-corrected chi connectivity index (χ2v) is 5.86. The van der Waals surface area contributed by atoms with Crippen LogP contribution in [0.2, 0.25) is 0 Å². The van der Waals surface area contributed by atoms with Gasteiger partial charge in [0.1, 0.15) is 0 Å². The molecule has 6 nitrogen and oxygen atoms in total. The molecule has 6 heteroatoms. The first-order chi connectivity index (χ1) is 11.1. The Bertz CT molecular complexity index is 604. The third-order valence-electron chi connectivity index (χ3n) is 3.78. The Morgan fingerprint density at radius 3 is 2.83 bits per heavy atom. The van der Waals surface area contributed by atoms with Crippen LogP contribution in [0.15, 0.2) is 24.4 Å². The van der Waals surface area contributed by atoms with Crippen molar-refractivity contribution in [2.45, 2.75) is 33.2 Å². The van der Waals surface area contributed by atoms with Crippen LogP contribution in [-0.4, -0.2) is 46.1 Å². The smallest absolute Gasteiger partial charge is 0.234 e. The van der Waals surface area contributed by atoms with Crippen LogP contribution >= 0.6 is 0 Å². The lowest BCUT2D eigenvalue weighted by molar-refractivity contribution is -0.122. The molecular formula is C17H25N5O. The van der Waals surface area contributed by atoms with Crippen LogP contribution in [0, 0.1) is 13.8 Å². The summed E-state index contributed by atoms with van der Waals surface area (Å²) >= 11 is 0. The van der Waals surface area contributed by atoms with E-state index in [9.17, 15) is 4.79 Å². The maximum Gasteiger partial charge on any atom is 0.234 e. The fourth-order valence-electron chi connectivity index (χ4n) is 2.56. The number of carbonyl (C=O) groups excluding carboxylic acids is 1. The molecule has 2 rings (SSSR count). The Hall–Kier alpha value is -2.21. The Balaban J connectivity index is 1.65. The van der Waals surface area contributed by atoms with Crippen LogP contribution in [-0.2, 0) is 17.8 Å². The number of hydrogen-bond acceptors (Lipinski definition) is 4. The zero-order valence-electron chi connectivity index (χ0n) is 14.1. The molecule has 124 valence electrons.